The van der Waals surface area contributed by atoms with Gasteiger partial charge >= 0.3 is 11.9 Å². The first-order valence-corrected chi connectivity index (χ1v) is 4.02. The zero-order valence-electron chi connectivity index (χ0n) is 7.52. The van der Waals surface area contributed by atoms with Crippen LogP contribution in [-0.2, 0) is 6.42 Å². The van der Waals surface area contributed by atoms with Crippen LogP contribution < -0.4 is 0 Å². The van der Waals surface area contributed by atoms with Gasteiger partial charge in [-0.2, -0.15) is 0 Å². The average Bonchev–Trinajstić information content (AvgIpc) is 2.16. The van der Waals surface area contributed by atoms with E-state index in [0.717, 1.165) is 0 Å². The number of hydrogen-bond acceptors (Lipinski definition) is 3. The van der Waals surface area contributed by atoms with Gasteiger partial charge in [0.2, 0.25) is 0 Å². The maximum atomic E-state index is 10.8. The molecule has 14 heavy (non-hydrogen) atoms. The molecule has 5 nitrogen and oxygen atoms in total. The molecule has 5 heteroatoms. The number of aromatic nitrogens is 1. The van der Waals surface area contributed by atoms with Gasteiger partial charge < -0.3 is 10.2 Å². The first-order chi connectivity index (χ1) is 6.57. The number of pyridine rings is 1. The summed E-state index contributed by atoms with van der Waals surface area (Å²) in [5, 5.41) is 17.5. The molecule has 0 bridgehead atoms. The van der Waals surface area contributed by atoms with Gasteiger partial charge in [0.05, 0.1) is 5.56 Å². The van der Waals surface area contributed by atoms with Gasteiger partial charge in [0.15, 0.2) is 5.69 Å². The Hall–Kier alpha value is -1.91. The zero-order valence-corrected chi connectivity index (χ0v) is 7.52. The lowest BCUT2D eigenvalue weighted by Crippen LogP contribution is -2.13. The molecule has 0 radical (unpaired) electrons. The molecule has 0 spiro atoms. The third-order valence-corrected chi connectivity index (χ3v) is 1.83. The number of carboxylic acids is 2. The van der Waals surface area contributed by atoms with Crippen LogP contribution in [0.1, 0.15) is 33.3 Å². The van der Waals surface area contributed by atoms with Crippen molar-refractivity contribution in [1.29, 1.82) is 0 Å². The fourth-order valence-electron chi connectivity index (χ4n) is 1.20. The minimum absolute atomic E-state index is 0.220. The maximum absolute atomic E-state index is 10.8. The molecule has 74 valence electrons. The highest BCUT2D eigenvalue weighted by molar-refractivity contribution is 6.01. The van der Waals surface area contributed by atoms with E-state index >= 15 is 0 Å². The number of nitrogens with zero attached hydrogens (tertiary/aromatic N) is 1. The lowest BCUT2D eigenvalue weighted by atomic mass is 10.0. The van der Waals surface area contributed by atoms with Crippen molar-refractivity contribution in [2.75, 3.05) is 0 Å². The Labute approximate surface area is 80.0 Å². The van der Waals surface area contributed by atoms with Gasteiger partial charge in [-0.15, -0.1) is 0 Å². The Morgan fingerprint density at radius 3 is 2.43 bits per heavy atom. The summed E-state index contributed by atoms with van der Waals surface area (Å²) in [5.74, 6) is -2.58. The smallest absolute Gasteiger partial charge is 0.355 e. The second kappa shape index (κ2) is 3.87. The summed E-state index contributed by atoms with van der Waals surface area (Å²) in [7, 11) is 0. The predicted molar refractivity (Wildman–Crippen MR) is 47.5 cm³/mol. The predicted octanol–water partition coefficient (Wildman–Crippen LogP) is 1.04. The molecule has 0 aliphatic carbocycles. The maximum Gasteiger partial charge on any atom is 0.355 e. The molecule has 0 saturated carbocycles. The standard InChI is InChI=1S/C9H9NO4/c1-2-5-3-4-10-7(9(13)14)6(5)8(11)12/h3-4H,2H2,1H3,(H,11,12)(H,13,14). The number of rotatable bonds is 3. The monoisotopic (exact) mass is 195 g/mol. The molecule has 0 atom stereocenters. The topological polar surface area (TPSA) is 87.5 Å². The van der Waals surface area contributed by atoms with E-state index in [9.17, 15) is 9.59 Å². The van der Waals surface area contributed by atoms with Crippen LogP contribution in [0.15, 0.2) is 12.3 Å². The van der Waals surface area contributed by atoms with Crippen LogP contribution in [0.25, 0.3) is 0 Å². The summed E-state index contributed by atoms with van der Waals surface area (Å²) in [6, 6.07) is 1.51. The Morgan fingerprint density at radius 1 is 1.36 bits per heavy atom. The second-order valence-corrected chi connectivity index (χ2v) is 2.66. The lowest BCUT2D eigenvalue weighted by molar-refractivity contribution is 0.0645. The zero-order chi connectivity index (χ0) is 10.7. The number of hydrogen-bond donors (Lipinski definition) is 2. The van der Waals surface area contributed by atoms with Gasteiger partial charge in [-0.3, -0.25) is 0 Å². The fraction of sp³-hybridized carbons (Fsp3) is 0.222. The van der Waals surface area contributed by atoms with E-state index in [0.29, 0.717) is 12.0 Å². The quantitative estimate of drug-likeness (QED) is 0.752. The Morgan fingerprint density at radius 2 is 2.00 bits per heavy atom. The summed E-state index contributed by atoms with van der Waals surface area (Å²) in [6.07, 6.45) is 1.76. The van der Waals surface area contributed by atoms with Crippen molar-refractivity contribution < 1.29 is 19.8 Å². The second-order valence-electron chi connectivity index (χ2n) is 2.66. The molecule has 1 rings (SSSR count). The Balaban J connectivity index is 3.43. The Bertz CT molecular complexity index is 386. The number of carboxylic acid groups (broad SMARTS) is 2. The molecule has 0 unspecified atom stereocenters. The minimum Gasteiger partial charge on any atom is -0.478 e. The van der Waals surface area contributed by atoms with Crippen LogP contribution >= 0.6 is 0 Å². The van der Waals surface area contributed by atoms with Crippen molar-refractivity contribution in [1.82, 2.24) is 4.98 Å². The minimum atomic E-state index is -1.32. The van der Waals surface area contributed by atoms with E-state index < -0.39 is 17.6 Å². The molecular weight excluding hydrogens is 186 g/mol. The summed E-state index contributed by atoms with van der Waals surface area (Å²) >= 11 is 0. The molecule has 1 heterocycles. The van der Waals surface area contributed by atoms with Gasteiger partial charge in [0, 0.05) is 6.20 Å². The molecule has 0 aliphatic rings. The van der Waals surface area contributed by atoms with Crippen LogP contribution in [0, 0.1) is 0 Å². The summed E-state index contributed by atoms with van der Waals surface area (Å²) < 4.78 is 0. The summed E-state index contributed by atoms with van der Waals surface area (Å²) in [5.41, 5.74) is -0.149. The fourth-order valence-corrected chi connectivity index (χ4v) is 1.20. The summed E-state index contributed by atoms with van der Waals surface area (Å²) in [6.45, 7) is 1.76. The van der Waals surface area contributed by atoms with E-state index in [4.69, 9.17) is 10.2 Å². The highest BCUT2D eigenvalue weighted by atomic mass is 16.4. The highest BCUT2D eigenvalue weighted by Gasteiger charge is 2.20. The molecule has 0 aliphatic heterocycles. The van der Waals surface area contributed by atoms with E-state index in [-0.39, 0.29) is 5.56 Å². The van der Waals surface area contributed by atoms with Crippen LogP contribution in [0.2, 0.25) is 0 Å². The van der Waals surface area contributed by atoms with E-state index in [1.165, 1.54) is 12.3 Å². The van der Waals surface area contributed by atoms with Crippen molar-refractivity contribution in [3.05, 3.63) is 29.1 Å². The number of aryl methyl sites for hydroxylation is 1. The van der Waals surface area contributed by atoms with Gasteiger partial charge in [0.25, 0.3) is 0 Å². The van der Waals surface area contributed by atoms with Gasteiger partial charge in [-0.25, -0.2) is 14.6 Å². The molecule has 1 aromatic heterocycles. The van der Waals surface area contributed by atoms with Gasteiger partial charge in [-0.1, -0.05) is 6.92 Å². The van der Waals surface area contributed by atoms with Gasteiger partial charge in [0.1, 0.15) is 0 Å². The van der Waals surface area contributed by atoms with Crippen molar-refractivity contribution in [3.8, 4) is 0 Å². The molecule has 0 saturated heterocycles. The molecule has 0 fully saturated rings. The van der Waals surface area contributed by atoms with Crippen LogP contribution in [0.5, 0.6) is 0 Å². The third-order valence-electron chi connectivity index (χ3n) is 1.83. The van der Waals surface area contributed by atoms with Crippen molar-refractivity contribution in [2.24, 2.45) is 0 Å². The SMILES string of the molecule is CCc1ccnc(C(=O)O)c1C(=O)O. The molecule has 0 aromatic carbocycles. The van der Waals surface area contributed by atoms with E-state index in [1.807, 2.05) is 0 Å². The lowest BCUT2D eigenvalue weighted by Gasteiger charge is -2.05. The van der Waals surface area contributed by atoms with Crippen molar-refractivity contribution in [3.63, 3.8) is 0 Å². The number of aromatic carboxylic acids is 2. The first kappa shape index (κ1) is 10.2. The normalized spacial score (nSPS) is 9.79. The Kier molecular flexibility index (Phi) is 2.81. The molecular formula is C9H9NO4. The summed E-state index contributed by atoms with van der Waals surface area (Å²) in [4.78, 5) is 25.0. The molecule has 2 N–H and O–H groups in total. The van der Waals surface area contributed by atoms with Crippen molar-refractivity contribution >= 4 is 11.9 Å². The molecule has 0 amide bonds. The van der Waals surface area contributed by atoms with Gasteiger partial charge in [-0.05, 0) is 18.1 Å². The number of carbonyl (C=O) groups is 2. The van der Waals surface area contributed by atoms with E-state index in [1.54, 1.807) is 6.92 Å². The van der Waals surface area contributed by atoms with E-state index in [2.05, 4.69) is 4.98 Å². The van der Waals surface area contributed by atoms with Crippen LogP contribution in [0.3, 0.4) is 0 Å². The van der Waals surface area contributed by atoms with Crippen molar-refractivity contribution in [2.45, 2.75) is 13.3 Å². The van der Waals surface area contributed by atoms with Crippen LogP contribution in [-0.4, -0.2) is 27.1 Å². The van der Waals surface area contributed by atoms with Crippen LogP contribution in [0.4, 0.5) is 0 Å². The first-order valence-electron chi connectivity index (χ1n) is 4.02. The molecule has 1 aromatic rings. The average molecular weight is 195 g/mol. The third kappa shape index (κ3) is 1.71. The highest BCUT2D eigenvalue weighted by Crippen LogP contribution is 2.13. The largest absolute Gasteiger partial charge is 0.478 e.